The van der Waals surface area contributed by atoms with Crippen molar-refractivity contribution in [3.8, 4) is 11.5 Å². The van der Waals surface area contributed by atoms with Crippen LogP contribution in [-0.4, -0.2) is 39.3 Å². The van der Waals surface area contributed by atoms with Gasteiger partial charge in [-0.2, -0.15) is 0 Å². The van der Waals surface area contributed by atoms with Crippen molar-refractivity contribution in [1.29, 1.82) is 0 Å². The van der Waals surface area contributed by atoms with Gasteiger partial charge in [0, 0.05) is 26.0 Å². The summed E-state index contributed by atoms with van der Waals surface area (Å²) < 4.78 is 7.77. The number of nitrogens with one attached hydrogen (secondary N) is 1. The van der Waals surface area contributed by atoms with E-state index in [1.807, 2.05) is 0 Å². The van der Waals surface area contributed by atoms with Gasteiger partial charge in [0.1, 0.15) is 11.8 Å². The SMILES string of the molecule is CCOc1cc([C@@H]2c3sc(=O)n(CC(=O)Nc4ccc(Cl)cc4)c3SC3C(=O)N(c4ccc(Br)cc4)C(=O)C32)ccc1O. The molecule has 220 valence electrons. The molecule has 43 heavy (non-hydrogen) atoms. The molecule has 13 heteroatoms. The van der Waals surface area contributed by atoms with Crippen molar-refractivity contribution in [2.45, 2.75) is 29.7 Å². The predicted molar refractivity (Wildman–Crippen MR) is 170 cm³/mol. The highest BCUT2D eigenvalue weighted by Crippen LogP contribution is 2.54. The molecule has 2 aliphatic heterocycles. The zero-order valence-corrected chi connectivity index (χ0v) is 26.4. The molecule has 0 bridgehead atoms. The van der Waals surface area contributed by atoms with E-state index in [2.05, 4.69) is 21.2 Å². The summed E-state index contributed by atoms with van der Waals surface area (Å²) in [7, 11) is 0. The molecule has 2 aliphatic rings. The normalized spacial score (nSPS) is 19.2. The zero-order valence-electron chi connectivity index (χ0n) is 22.5. The quantitative estimate of drug-likeness (QED) is 0.232. The summed E-state index contributed by atoms with van der Waals surface area (Å²) in [6.45, 7) is 1.80. The van der Waals surface area contributed by atoms with Crippen LogP contribution in [0.4, 0.5) is 11.4 Å². The first-order valence-electron chi connectivity index (χ1n) is 13.2. The largest absolute Gasteiger partial charge is 0.504 e. The number of hydrogen-bond donors (Lipinski definition) is 2. The summed E-state index contributed by atoms with van der Waals surface area (Å²) in [5, 5.41) is 13.3. The number of fused-ring (bicyclic) bond motifs is 2. The number of thioether (sulfide) groups is 1. The maximum atomic E-state index is 14.0. The summed E-state index contributed by atoms with van der Waals surface area (Å²) in [5.41, 5.74) is 1.57. The first-order chi connectivity index (χ1) is 20.7. The molecule has 0 spiro atoms. The van der Waals surface area contributed by atoms with E-state index in [0.717, 1.165) is 27.6 Å². The minimum Gasteiger partial charge on any atom is -0.504 e. The summed E-state index contributed by atoms with van der Waals surface area (Å²) in [4.78, 5) is 55.7. The van der Waals surface area contributed by atoms with Crippen molar-refractivity contribution in [2.75, 3.05) is 16.8 Å². The minimum absolute atomic E-state index is 0.0671. The highest BCUT2D eigenvalue weighted by molar-refractivity contribution is 9.10. The van der Waals surface area contributed by atoms with Crippen molar-refractivity contribution < 1.29 is 24.2 Å². The standard InChI is InChI=1S/C30H23BrClN3O6S2/c1-2-41-21-13-15(3-12-20(21)36)23-24-25(28(39)35(27(24)38)19-10-4-16(31)5-11-19)42-29-26(23)43-30(40)34(29)14-22(37)33-18-8-6-17(32)7-9-18/h3-13,23-25,36H,2,14H2,1H3,(H,33,37)/t23-,24?,25?/m0/s1. The molecule has 1 fully saturated rings. The van der Waals surface area contributed by atoms with Gasteiger partial charge in [-0.25, -0.2) is 4.90 Å². The van der Waals surface area contributed by atoms with Gasteiger partial charge < -0.3 is 15.2 Å². The van der Waals surface area contributed by atoms with Crippen molar-refractivity contribution >= 4 is 79.7 Å². The number of carbonyl (C=O) groups excluding carboxylic acids is 3. The first kappa shape index (κ1) is 29.5. The number of amides is 3. The van der Waals surface area contributed by atoms with Gasteiger partial charge in [-0.15, -0.1) is 0 Å². The average Bonchev–Trinajstić information content (AvgIpc) is 3.42. The molecule has 6 rings (SSSR count). The van der Waals surface area contributed by atoms with E-state index in [4.69, 9.17) is 16.3 Å². The van der Waals surface area contributed by atoms with E-state index < -0.39 is 28.9 Å². The number of halogens is 2. The Hall–Kier alpha value is -3.58. The summed E-state index contributed by atoms with van der Waals surface area (Å²) in [6, 6.07) is 18.3. The fourth-order valence-electron chi connectivity index (χ4n) is 5.33. The number of aromatic hydroxyl groups is 1. The number of thiazole rings is 1. The van der Waals surface area contributed by atoms with Crippen molar-refractivity contribution in [1.82, 2.24) is 4.57 Å². The van der Waals surface area contributed by atoms with Crippen LogP contribution in [-0.2, 0) is 20.9 Å². The summed E-state index contributed by atoms with van der Waals surface area (Å²) >= 11 is 11.4. The van der Waals surface area contributed by atoms with Gasteiger partial charge in [0.25, 0.3) is 0 Å². The number of benzene rings is 3. The molecule has 3 aromatic carbocycles. The lowest BCUT2D eigenvalue weighted by atomic mass is 9.83. The van der Waals surface area contributed by atoms with Crippen molar-refractivity contribution in [3.63, 3.8) is 0 Å². The van der Waals surface area contributed by atoms with E-state index >= 15 is 0 Å². The van der Waals surface area contributed by atoms with Crippen LogP contribution in [0.5, 0.6) is 11.5 Å². The number of ether oxygens (including phenoxy) is 1. The number of carbonyl (C=O) groups is 3. The maximum absolute atomic E-state index is 14.0. The van der Waals surface area contributed by atoms with E-state index in [-0.39, 0.29) is 28.8 Å². The predicted octanol–water partition coefficient (Wildman–Crippen LogP) is 5.86. The van der Waals surface area contributed by atoms with Crippen LogP contribution in [0.15, 0.2) is 81.0 Å². The number of nitrogens with zero attached hydrogens (tertiary/aromatic N) is 2. The molecule has 9 nitrogen and oxygen atoms in total. The molecule has 0 aliphatic carbocycles. The Morgan fingerprint density at radius 2 is 1.77 bits per heavy atom. The van der Waals surface area contributed by atoms with Gasteiger partial charge in [0.2, 0.25) is 17.7 Å². The highest BCUT2D eigenvalue weighted by atomic mass is 79.9. The molecule has 3 amide bonds. The van der Waals surface area contributed by atoms with Crippen molar-refractivity contribution in [2.24, 2.45) is 5.92 Å². The lowest BCUT2D eigenvalue weighted by molar-refractivity contribution is -0.122. The Bertz CT molecular complexity index is 1810. The van der Waals surface area contributed by atoms with Gasteiger partial charge in [0.05, 0.1) is 23.2 Å². The highest BCUT2D eigenvalue weighted by Gasteiger charge is 2.57. The summed E-state index contributed by atoms with van der Waals surface area (Å²) in [6.07, 6.45) is 0. The Morgan fingerprint density at radius 1 is 1.05 bits per heavy atom. The number of phenols is 1. The molecule has 3 atom stereocenters. The molecule has 4 aromatic rings. The number of hydrogen-bond acceptors (Lipinski definition) is 8. The monoisotopic (exact) mass is 699 g/mol. The third-order valence-electron chi connectivity index (χ3n) is 7.21. The smallest absolute Gasteiger partial charge is 0.308 e. The fraction of sp³-hybridized carbons (Fsp3) is 0.200. The van der Waals surface area contributed by atoms with Crippen molar-refractivity contribution in [3.05, 3.63) is 96.3 Å². The number of aromatic nitrogens is 1. The van der Waals surface area contributed by atoms with Gasteiger partial charge in [-0.3, -0.25) is 23.7 Å². The molecule has 0 radical (unpaired) electrons. The molecule has 1 aromatic heterocycles. The van der Waals surface area contributed by atoms with E-state index in [0.29, 0.717) is 38.5 Å². The Kier molecular flexibility index (Phi) is 8.12. The van der Waals surface area contributed by atoms with Crippen LogP contribution in [0.1, 0.15) is 23.3 Å². The van der Waals surface area contributed by atoms with Gasteiger partial charge in [0.15, 0.2) is 11.5 Å². The maximum Gasteiger partial charge on any atom is 0.308 e. The minimum atomic E-state index is -0.849. The van der Waals surface area contributed by atoms with Crippen LogP contribution in [0.2, 0.25) is 5.02 Å². The fourth-order valence-corrected chi connectivity index (χ4v) is 8.50. The molecule has 0 saturated carbocycles. The number of anilines is 2. The van der Waals surface area contributed by atoms with E-state index in [9.17, 15) is 24.3 Å². The topological polar surface area (TPSA) is 118 Å². The Balaban J connectivity index is 1.43. The van der Waals surface area contributed by atoms with Crippen LogP contribution >= 0.6 is 50.6 Å². The zero-order chi connectivity index (χ0) is 30.4. The second-order valence-corrected chi connectivity index (χ2v) is 13.3. The number of imide groups is 1. The molecular weight excluding hydrogens is 678 g/mol. The van der Waals surface area contributed by atoms with Crippen LogP contribution < -0.4 is 19.8 Å². The van der Waals surface area contributed by atoms with Crippen LogP contribution in [0.3, 0.4) is 0 Å². The van der Waals surface area contributed by atoms with Gasteiger partial charge >= 0.3 is 4.87 Å². The molecular formula is C30H23BrClN3O6S2. The van der Waals surface area contributed by atoms with Crippen LogP contribution in [0.25, 0.3) is 0 Å². The van der Waals surface area contributed by atoms with E-state index in [1.54, 1.807) is 67.6 Å². The Morgan fingerprint density at radius 3 is 2.47 bits per heavy atom. The van der Waals surface area contributed by atoms with Crippen LogP contribution in [0, 0.1) is 5.92 Å². The second-order valence-electron chi connectivity index (χ2n) is 9.87. The van der Waals surface area contributed by atoms with Gasteiger partial charge in [-0.05, 0) is 73.2 Å². The molecule has 2 unspecified atom stereocenters. The average molecular weight is 701 g/mol. The third kappa shape index (κ3) is 5.48. The second kappa shape index (κ2) is 11.8. The molecule has 3 heterocycles. The molecule has 2 N–H and O–H groups in total. The van der Waals surface area contributed by atoms with Gasteiger partial charge in [-0.1, -0.05) is 56.7 Å². The first-order valence-corrected chi connectivity index (χ1v) is 16.1. The lowest BCUT2D eigenvalue weighted by Gasteiger charge is -2.31. The number of rotatable bonds is 7. The lowest BCUT2D eigenvalue weighted by Crippen LogP contribution is -2.33. The summed E-state index contributed by atoms with van der Waals surface area (Å²) in [5.74, 6) is -2.59. The Labute approximate surface area is 267 Å². The molecule has 1 saturated heterocycles. The van der Waals surface area contributed by atoms with E-state index in [1.165, 1.54) is 15.5 Å². The number of phenolic OH excluding ortho intramolecular Hbond substituents is 1. The third-order valence-corrected chi connectivity index (χ3v) is 10.6.